The SMILES string of the molecule is CC=C1C(=O)CC2C3CC=C4CC(N(C)C)CCC4(C)C3CCC12C. The van der Waals surface area contributed by atoms with Gasteiger partial charge in [-0.3, -0.25) is 4.79 Å². The Kier molecular flexibility index (Phi) is 4.07. The molecular formula is C23H35NO. The van der Waals surface area contributed by atoms with Crippen molar-refractivity contribution in [2.24, 2.45) is 28.6 Å². The molecule has 0 aromatic carbocycles. The number of fused-ring (bicyclic) bond motifs is 5. The van der Waals surface area contributed by atoms with Crippen LogP contribution >= 0.6 is 0 Å². The van der Waals surface area contributed by atoms with E-state index in [1.165, 1.54) is 38.5 Å². The van der Waals surface area contributed by atoms with Gasteiger partial charge in [0.1, 0.15) is 0 Å². The minimum Gasteiger partial charge on any atom is -0.306 e. The van der Waals surface area contributed by atoms with Crippen LogP contribution in [-0.2, 0) is 4.79 Å². The van der Waals surface area contributed by atoms with E-state index in [9.17, 15) is 4.79 Å². The van der Waals surface area contributed by atoms with E-state index < -0.39 is 0 Å². The third-order valence-corrected chi connectivity index (χ3v) is 8.81. The lowest BCUT2D eigenvalue weighted by Gasteiger charge is -2.57. The normalized spacial score (nSPS) is 48.2. The minimum atomic E-state index is 0.148. The van der Waals surface area contributed by atoms with Gasteiger partial charge in [0.05, 0.1) is 0 Å². The topological polar surface area (TPSA) is 20.3 Å². The molecule has 0 bridgehead atoms. The number of hydrogen-bond acceptors (Lipinski definition) is 2. The molecule has 6 unspecified atom stereocenters. The van der Waals surface area contributed by atoms with Crippen molar-refractivity contribution in [3.63, 3.8) is 0 Å². The Labute approximate surface area is 153 Å². The zero-order valence-corrected chi connectivity index (χ0v) is 16.8. The van der Waals surface area contributed by atoms with Crippen LogP contribution in [0, 0.1) is 28.6 Å². The van der Waals surface area contributed by atoms with Crippen molar-refractivity contribution in [3.8, 4) is 0 Å². The van der Waals surface area contributed by atoms with E-state index in [-0.39, 0.29) is 5.41 Å². The van der Waals surface area contributed by atoms with Crippen molar-refractivity contribution in [2.75, 3.05) is 14.1 Å². The average Bonchev–Trinajstić information content (AvgIpc) is 2.83. The highest BCUT2D eigenvalue weighted by Crippen LogP contribution is 2.65. The first-order valence-electron chi connectivity index (χ1n) is 10.4. The van der Waals surface area contributed by atoms with Gasteiger partial charge in [0, 0.05) is 12.5 Å². The molecule has 0 amide bonds. The van der Waals surface area contributed by atoms with Crippen molar-refractivity contribution in [2.45, 2.75) is 71.8 Å². The number of carbonyl (C=O) groups is 1. The molecule has 25 heavy (non-hydrogen) atoms. The molecule has 0 heterocycles. The molecule has 4 rings (SSSR count). The Balaban J connectivity index is 1.66. The van der Waals surface area contributed by atoms with Gasteiger partial charge in [-0.2, -0.15) is 0 Å². The standard InChI is InChI=1S/C23H35NO/c1-6-18-21(25)14-20-17-8-7-15-13-16(24(4)5)9-11-22(15,2)19(17)10-12-23(18,20)3/h6-7,16-17,19-20H,8-14H2,1-5H3. The van der Waals surface area contributed by atoms with Crippen LogP contribution in [0.3, 0.4) is 0 Å². The molecule has 2 nitrogen and oxygen atoms in total. The number of allylic oxidation sites excluding steroid dienone is 3. The second kappa shape index (κ2) is 5.81. The van der Waals surface area contributed by atoms with Gasteiger partial charge in [0.2, 0.25) is 0 Å². The van der Waals surface area contributed by atoms with Crippen molar-refractivity contribution in [1.29, 1.82) is 0 Å². The van der Waals surface area contributed by atoms with Gasteiger partial charge in [0.25, 0.3) is 0 Å². The number of ketones is 1. The second-order valence-electron chi connectivity index (χ2n) is 9.91. The van der Waals surface area contributed by atoms with Gasteiger partial charge in [0.15, 0.2) is 5.78 Å². The molecule has 4 aliphatic rings. The Hall–Kier alpha value is -0.890. The van der Waals surface area contributed by atoms with Gasteiger partial charge in [-0.05, 0) is 93.7 Å². The maximum absolute atomic E-state index is 12.6. The summed E-state index contributed by atoms with van der Waals surface area (Å²) in [7, 11) is 4.46. The second-order valence-corrected chi connectivity index (χ2v) is 9.91. The highest BCUT2D eigenvalue weighted by atomic mass is 16.1. The van der Waals surface area contributed by atoms with Gasteiger partial charge in [-0.1, -0.05) is 31.6 Å². The molecule has 0 spiro atoms. The predicted molar refractivity (Wildman–Crippen MR) is 103 cm³/mol. The highest BCUT2D eigenvalue weighted by Gasteiger charge is 2.59. The molecule has 0 aromatic rings. The van der Waals surface area contributed by atoms with Gasteiger partial charge < -0.3 is 4.90 Å². The summed E-state index contributed by atoms with van der Waals surface area (Å²) >= 11 is 0. The highest BCUT2D eigenvalue weighted by molar-refractivity contribution is 5.99. The van der Waals surface area contributed by atoms with Crippen molar-refractivity contribution in [3.05, 3.63) is 23.3 Å². The lowest BCUT2D eigenvalue weighted by Crippen LogP contribution is -2.50. The molecule has 0 aromatic heterocycles. The fourth-order valence-corrected chi connectivity index (χ4v) is 7.23. The Morgan fingerprint density at radius 2 is 1.80 bits per heavy atom. The van der Waals surface area contributed by atoms with E-state index in [4.69, 9.17) is 0 Å². The summed E-state index contributed by atoms with van der Waals surface area (Å²) in [5.74, 6) is 2.51. The Bertz CT molecular complexity index is 644. The Morgan fingerprint density at radius 1 is 1.08 bits per heavy atom. The van der Waals surface area contributed by atoms with Crippen LogP contribution in [0.4, 0.5) is 0 Å². The van der Waals surface area contributed by atoms with E-state index in [0.717, 1.165) is 17.9 Å². The molecule has 4 aliphatic carbocycles. The molecule has 0 aliphatic heterocycles. The smallest absolute Gasteiger partial charge is 0.159 e. The van der Waals surface area contributed by atoms with Crippen LogP contribution in [0.1, 0.15) is 65.7 Å². The zero-order chi connectivity index (χ0) is 18.0. The molecular weight excluding hydrogens is 306 g/mol. The molecule has 138 valence electrons. The molecule has 0 N–H and O–H groups in total. The third-order valence-electron chi connectivity index (χ3n) is 8.81. The fourth-order valence-electron chi connectivity index (χ4n) is 7.23. The first-order valence-corrected chi connectivity index (χ1v) is 10.4. The maximum Gasteiger partial charge on any atom is 0.159 e. The summed E-state index contributed by atoms with van der Waals surface area (Å²) in [6.07, 6.45) is 13.2. The first kappa shape index (κ1) is 17.5. The third kappa shape index (κ3) is 2.36. The van der Waals surface area contributed by atoms with E-state index >= 15 is 0 Å². The molecule has 3 fully saturated rings. The summed E-state index contributed by atoms with van der Waals surface area (Å²) in [5, 5.41) is 0. The summed E-state index contributed by atoms with van der Waals surface area (Å²) in [6, 6.07) is 0.715. The fraction of sp³-hybridized carbons (Fsp3) is 0.783. The lowest BCUT2D eigenvalue weighted by atomic mass is 9.47. The molecule has 2 heteroatoms. The number of nitrogens with zero attached hydrogens (tertiary/aromatic N) is 1. The van der Waals surface area contributed by atoms with E-state index in [2.05, 4.69) is 51.9 Å². The number of carbonyl (C=O) groups excluding carboxylic acids is 1. The lowest BCUT2D eigenvalue weighted by molar-refractivity contribution is -0.115. The van der Waals surface area contributed by atoms with Crippen molar-refractivity contribution in [1.82, 2.24) is 4.90 Å². The van der Waals surface area contributed by atoms with Crippen LogP contribution in [0.2, 0.25) is 0 Å². The number of rotatable bonds is 1. The molecule has 3 saturated carbocycles. The van der Waals surface area contributed by atoms with Gasteiger partial charge >= 0.3 is 0 Å². The molecule has 6 atom stereocenters. The van der Waals surface area contributed by atoms with Crippen molar-refractivity contribution < 1.29 is 4.79 Å². The monoisotopic (exact) mass is 341 g/mol. The van der Waals surface area contributed by atoms with E-state index in [0.29, 0.717) is 29.1 Å². The molecule has 0 saturated heterocycles. The van der Waals surface area contributed by atoms with E-state index in [1.807, 2.05) is 0 Å². The largest absolute Gasteiger partial charge is 0.306 e. The quantitative estimate of drug-likeness (QED) is 0.494. The van der Waals surface area contributed by atoms with Crippen molar-refractivity contribution >= 4 is 5.78 Å². The minimum absolute atomic E-state index is 0.148. The summed E-state index contributed by atoms with van der Waals surface area (Å²) in [5.41, 5.74) is 3.42. The number of Topliss-reactive ketones (excluding diaryl/α,β-unsaturated/α-hetero) is 1. The van der Waals surface area contributed by atoms with Crippen LogP contribution in [-0.4, -0.2) is 30.8 Å². The average molecular weight is 342 g/mol. The first-order chi connectivity index (χ1) is 11.8. The van der Waals surface area contributed by atoms with Crippen LogP contribution in [0.5, 0.6) is 0 Å². The van der Waals surface area contributed by atoms with Crippen LogP contribution < -0.4 is 0 Å². The van der Waals surface area contributed by atoms with Crippen LogP contribution in [0.25, 0.3) is 0 Å². The summed E-state index contributed by atoms with van der Waals surface area (Å²) in [4.78, 5) is 15.1. The number of hydrogen-bond donors (Lipinski definition) is 0. The predicted octanol–water partition coefficient (Wildman–Crippen LogP) is 5.00. The van der Waals surface area contributed by atoms with E-state index in [1.54, 1.807) is 5.57 Å². The van der Waals surface area contributed by atoms with Gasteiger partial charge in [-0.15, -0.1) is 0 Å². The summed E-state index contributed by atoms with van der Waals surface area (Å²) < 4.78 is 0. The van der Waals surface area contributed by atoms with Gasteiger partial charge in [-0.25, -0.2) is 0 Å². The maximum atomic E-state index is 12.6. The summed E-state index contributed by atoms with van der Waals surface area (Å²) in [6.45, 7) is 7.01. The van der Waals surface area contributed by atoms with Crippen LogP contribution in [0.15, 0.2) is 23.3 Å². The Morgan fingerprint density at radius 3 is 2.48 bits per heavy atom. The zero-order valence-electron chi connectivity index (χ0n) is 16.8. The molecule has 0 radical (unpaired) electrons.